The van der Waals surface area contributed by atoms with Gasteiger partial charge >= 0.3 is 54.1 Å². The zero-order valence-corrected chi connectivity index (χ0v) is 6.72. The number of hydrogen-bond donors (Lipinski definition) is 2. The molecule has 0 spiro atoms. The summed E-state index contributed by atoms with van der Waals surface area (Å²) in [6.45, 7) is 1.77. The molecule has 0 aromatic rings. The van der Waals surface area contributed by atoms with Gasteiger partial charge in [0, 0.05) is 0 Å². The van der Waals surface area contributed by atoms with Gasteiger partial charge in [-0.05, 0) is 0 Å². The zero-order chi connectivity index (χ0) is 7.33. The van der Waals surface area contributed by atoms with Crippen LogP contribution in [0.5, 0.6) is 0 Å². The molecule has 5 heteroatoms. The molecule has 0 radical (unpaired) electrons. The Morgan fingerprint density at radius 3 is 2.44 bits per heavy atom. The summed E-state index contributed by atoms with van der Waals surface area (Å²) in [6.07, 6.45) is 0.838. The van der Waals surface area contributed by atoms with Crippen LogP contribution in [-0.4, -0.2) is 24.4 Å². The van der Waals surface area contributed by atoms with Gasteiger partial charge in [-0.15, -0.1) is 0 Å². The molecule has 56 valence electrons. The van der Waals surface area contributed by atoms with Crippen LogP contribution in [0.15, 0.2) is 4.95 Å². The molecule has 0 aliphatic heterocycles. The molecule has 0 aromatic carbocycles. The van der Waals surface area contributed by atoms with Crippen LogP contribution in [-0.2, 0) is 0 Å². The molecule has 0 aromatic heterocycles. The molecule has 0 unspecified atom stereocenters. The molecule has 0 fully saturated rings. The number of rotatable bonds is 4. The normalized spacial score (nSPS) is 13.2. The summed E-state index contributed by atoms with van der Waals surface area (Å²) in [5.74, 6) is 0. The first-order valence-corrected chi connectivity index (χ1v) is 5.21. The molecule has 0 amide bonds. The van der Waals surface area contributed by atoms with Gasteiger partial charge in [0.05, 0.1) is 0 Å². The van der Waals surface area contributed by atoms with E-state index in [0.29, 0.717) is 12.4 Å². The van der Waals surface area contributed by atoms with Crippen molar-refractivity contribution in [1.82, 2.24) is 5.32 Å². The minimum atomic E-state index is -2.74. The zero-order valence-electron chi connectivity index (χ0n) is 5.72. The van der Waals surface area contributed by atoms with E-state index in [1.165, 1.54) is 0 Å². The Bertz CT molecular complexity index is 101. The maximum atomic E-state index is 9.97. The Balaban J connectivity index is 3.76. The third kappa shape index (κ3) is 2.84. The summed E-state index contributed by atoms with van der Waals surface area (Å²) >= 11 is 0. The molecule has 4 nitrogen and oxygen atoms in total. The molecule has 9 heavy (non-hydrogen) atoms. The van der Waals surface area contributed by atoms with E-state index in [9.17, 15) is 9.80 Å². The number of hydrogen-bond acceptors (Lipinski definition) is 4. The second-order valence-corrected chi connectivity index (χ2v) is 5.17. The second-order valence-electron chi connectivity index (χ2n) is 1.96. The number of nitroso groups, excluding NO2 is 1. The molecular weight excluding hydrogens is 139 g/mol. The van der Waals surface area contributed by atoms with E-state index in [-0.39, 0.29) is 0 Å². The van der Waals surface area contributed by atoms with Crippen molar-refractivity contribution in [3.8, 4) is 0 Å². The predicted molar refractivity (Wildman–Crippen MR) is 40.8 cm³/mol. The quantitative estimate of drug-likeness (QED) is 0.456. The van der Waals surface area contributed by atoms with Crippen LogP contribution in [0.3, 0.4) is 0 Å². The van der Waals surface area contributed by atoms with Crippen LogP contribution in [0.25, 0.3) is 0 Å². The molecule has 0 saturated heterocycles. The van der Waals surface area contributed by atoms with Gasteiger partial charge in [0.2, 0.25) is 0 Å². The van der Waals surface area contributed by atoms with Crippen LogP contribution in [0, 0.1) is 4.91 Å². The van der Waals surface area contributed by atoms with Gasteiger partial charge in [0.1, 0.15) is 0 Å². The van der Waals surface area contributed by atoms with Crippen molar-refractivity contribution in [2.75, 3.05) is 19.5 Å². The van der Waals surface area contributed by atoms with Crippen molar-refractivity contribution in [1.29, 1.82) is 0 Å². The van der Waals surface area contributed by atoms with Gasteiger partial charge < -0.3 is 0 Å². The molecule has 0 heterocycles. The van der Waals surface area contributed by atoms with Crippen LogP contribution in [0.2, 0.25) is 0 Å². The van der Waals surface area contributed by atoms with Crippen molar-refractivity contribution in [2.45, 2.75) is 6.92 Å². The average molecular weight is 152 g/mol. The summed E-state index contributed by atoms with van der Waals surface area (Å²) in [6, 6.07) is 0. The third-order valence-corrected chi connectivity index (χ3v) is 3.59. The molecule has 0 saturated carbocycles. The Morgan fingerprint density at radius 1 is 1.78 bits per heavy atom. The first-order valence-electron chi connectivity index (χ1n) is 2.90. The molecule has 2 N–H and O–H groups in total. The van der Waals surface area contributed by atoms with E-state index in [1.807, 2.05) is 0 Å². The topological polar surface area (TPSA) is 61.7 Å². The van der Waals surface area contributed by atoms with Crippen LogP contribution < -0.4 is 5.32 Å². The first kappa shape index (κ1) is 8.95. The van der Waals surface area contributed by atoms with Gasteiger partial charge in [-0.1, -0.05) is 0 Å². The molecule has 0 atom stereocenters. The fourth-order valence-corrected chi connectivity index (χ4v) is 1.51. The maximum absolute atomic E-state index is 9.97. The molecule has 0 bridgehead atoms. The van der Waals surface area contributed by atoms with Crippen molar-refractivity contribution < 1.29 is 4.89 Å². The van der Waals surface area contributed by atoms with Gasteiger partial charge in [-0.2, -0.15) is 0 Å². The molecule has 0 rings (SSSR count). The van der Waals surface area contributed by atoms with E-state index < -0.39 is 7.64 Å². The second kappa shape index (κ2) is 3.88. The fourth-order valence-electron chi connectivity index (χ4n) is 0.505. The number of nitrogens with one attached hydrogen (secondary N) is 1. The van der Waals surface area contributed by atoms with E-state index >= 15 is 0 Å². The monoisotopic (exact) mass is 152 g/mol. The summed E-state index contributed by atoms with van der Waals surface area (Å²) in [5.41, 5.74) is 0. The Hall–Kier alpha value is -0.0500. The number of nitrogens with zero attached hydrogens (tertiary/aromatic N) is 1. The summed E-state index contributed by atoms with van der Waals surface area (Å²) in [5, 5.41) is 2.73. The molecule has 0 aliphatic carbocycles. The van der Waals surface area contributed by atoms with Crippen LogP contribution >= 0.6 is 7.64 Å². The van der Waals surface area contributed by atoms with Crippen molar-refractivity contribution in [3.63, 3.8) is 0 Å². The van der Waals surface area contributed by atoms with E-state index in [0.717, 1.165) is 0 Å². The summed E-state index contributed by atoms with van der Waals surface area (Å²) < 4.78 is 0. The van der Waals surface area contributed by atoms with Crippen molar-refractivity contribution >= 4 is 7.64 Å². The van der Waals surface area contributed by atoms with Crippen molar-refractivity contribution in [3.05, 3.63) is 4.91 Å². The van der Waals surface area contributed by atoms with E-state index in [4.69, 9.17) is 0 Å². The molecule has 0 aliphatic rings. The van der Waals surface area contributed by atoms with E-state index in [1.54, 1.807) is 14.0 Å². The van der Waals surface area contributed by atoms with E-state index in [2.05, 4.69) is 10.3 Å². The van der Waals surface area contributed by atoms with Gasteiger partial charge in [0.25, 0.3) is 0 Å². The van der Waals surface area contributed by atoms with Crippen LogP contribution in [0.1, 0.15) is 6.92 Å². The minimum absolute atomic E-state index is 0.354. The van der Waals surface area contributed by atoms with Gasteiger partial charge in [0.15, 0.2) is 0 Å². The Labute approximate surface area is 55.1 Å². The van der Waals surface area contributed by atoms with Gasteiger partial charge in [-0.3, -0.25) is 0 Å². The van der Waals surface area contributed by atoms with Crippen LogP contribution in [0.4, 0.5) is 0 Å². The van der Waals surface area contributed by atoms with Gasteiger partial charge in [-0.25, -0.2) is 0 Å². The SMILES string of the molecule is CC[PH](O)(CNC)N=O. The summed E-state index contributed by atoms with van der Waals surface area (Å²) in [4.78, 5) is 21.9. The first-order chi connectivity index (χ1) is 4.18. The van der Waals surface area contributed by atoms with Crippen molar-refractivity contribution in [2.24, 2.45) is 4.95 Å². The predicted octanol–water partition coefficient (Wildman–Crippen LogP) is 0.522. The molecular formula is C4H13N2O2P. The summed E-state index contributed by atoms with van der Waals surface area (Å²) in [7, 11) is -1.05. The average Bonchev–Trinajstić information content (AvgIpc) is 1.89. The third-order valence-electron chi connectivity index (χ3n) is 1.20. The Kier molecular flexibility index (Phi) is 3.86. The Morgan fingerprint density at radius 2 is 2.33 bits per heavy atom. The standard InChI is InChI=1S/C4H13N2O2P/c1-3-9(8,6-7)4-5-2/h5,8-9H,3-4H2,1-2H3. The fraction of sp³-hybridized carbons (Fsp3) is 1.00.